The van der Waals surface area contributed by atoms with Crippen LogP contribution in [0.25, 0.3) is 0 Å². The molecule has 0 saturated carbocycles. The maximum Gasteiger partial charge on any atom is 0.252 e. The number of allylic oxidation sites excluding steroid dienone is 1. The molecule has 0 unspecified atom stereocenters. The lowest BCUT2D eigenvalue weighted by molar-refractivity contribution is -0.120. The second kappa shape index (κ2) is 9.71. The van der Waals surface area contributed by atoms with Crippen LogP contribution in [0.5, 0.6) is 0 Å². The lowest BCUT2D eigenvalue weighted by Gasteiger charge is -2.15. The van der Waals surface area contributed by atoms with Crippen molar-refractivity contribution in [3.8, 4) is 0 Å². The van der Waals surface area contributed by atoms with Crippen molar-refractivity contribution >= 4 is 11.8 Å². The highest BCUT2D eigenvalue weighted by Gasteiger charge is 2.18. The average Bonchev–Trinajstić information content (AvgIpc) is 2.49. The molecule has 5 heteroatoms. The van der Waals surface area contributed by atoms with Gasteiger partial charge >= 0.3 is 0 Å². The zero-order valence-corrected chi connectivity index (χ0v) is 12.7. The fourth-order valence-electron chi connectivity index (χ4n) is 2.15. The fraction of sp³-hybridized carbons (Fsp3) is 0.412. The number of nitrogens with two attached hydrogens (primary N) is 1. The molecule has 0 spiro atoms. The van der Waals surface area contributed by atoms with Gasteiger partial charge in [0.25, 0.3) is 5.91 Å². The van der Waals surface area contributed by atoms with Crippen molar-refractivity contribution in [2.24, 2.45) is 5.73 Å². The van der Waals surface area contributed by atoms with Gasteiger partial charge in [-0.2, -0.15) is 0 Å². The number of halogens is 1. The van der Waals surface area contributed by atoms with Crippen LogP contribution in [0.4, 0.5) is 4.39 Å². The van der Waals surface area contributed by atoms with Gasteiger partial charge in [-0.3, -0.25) is 9.59 Å². The Balaban J connectivity index is 2.45. The standard InChI is InChI=1S/C17H23FN2O2/c1-2-3-4-5-6-7-11-15(16(19)21)20-17(22)13-9-8-10-14(18)12-13/h2,8-10,12,15H,1,3-7,11H2,(H2,19,21)(H,20,22)/t15-/m0/s1. The van der Waals surface area contributed by atoms with E-state index in [9.17, 15) is 14.0 Å². The van der Waals surface area contributed by atoms with E-state index < -0.39 is 23.7 Å². The number of carbonyl (C=O) groups excluding carboxylic acids is 2. The van der Waals surface area contributed by atoms with Crippen LogP contribution in [0.1, 0.15) is 48.9 Å². The Morgan fingerprint density at radius 3 is 2.64 bits per heavy atom. The van der Waals surface area contributed by atoms with Gasteiger partial charge in [0.15, 0.2) is 0 Å². The van der Waals surface area contributed by atoms with Crippen LogP contribution in [0.3, 0.4) is 0 Å². The van der Waals surface area contributed by atoms with E-state index in [0.717, 1.165) is 38.2 Å². The molecule has 0 aliphatic heterocycles. The molecule has 0 saturated heterocycles. The summed E-state index contributed by atoms with van der Waals surface area (Å²) in [5.74, 6) is -1.56. The van der Waals surface area contributed by atoms with Gasteiger partial charge in [-0.05, 0) is 37.5 Å². The minimum absolute atomic E-state index is 0.178. The maximum absolute atomic E-state index is 13.1. The van der Waals surface area contributed by atoms with Crippen LogP contribution >= 0.6 is 0 Å². The predicted octanol–water partition coefficient (Wildman–Crippen LogP) is 2.94. The molecule has 0 aliphatic rings. The van der Waals surface area contributed by atoms with Crippen molar-refractivity contribution in [3.63, 3.8) is 0 Å². The van der Waals surface area contributed by atoms with E-state index in [-0.39, 0.29) is 5.56 Å². The number of primary amides is 1. The normalized spacial score (nSPS) is 11.7. The average molecular weight is 306 g/mol. The van der Waals surface area contributed by atoms with E-state index in [1.54, 1.807) is 0 Å². The van der Waals surface area contributed by atoms with Gasteiger partial charge in [0.05, 0.1) is 0 Å². The fourth-order valence-corrected chi connectivity index (χ4v) is 2.15. The molecule has 2 amide bonds. The van der Waals surface area contributed by atoms with Crippen LogP contribution in [-0.4, -0.2) is 17.9 Å². The van der Waals surface area contributed by atoms with Crippen LogP contribution < -0.4 is 11.1 Å². The predicted molar refractivity (Wildman–Crippen MR) is 84.7 cm³/mol. The molecule has 1 rings (SSSR count). The van der Waals surface area contributed by atoms with Gasteiger partial charge < -0.3 is 11.1 Å². The van der Waals surface area contributed by atoms with Crippen LogP contribution in [0.15, 0.2) is 36.9 Å². The van der Waals surface area contributed by atoms with Crippen LogP contribution in [0.2, 0.25) is 0 Å². The number of nitrogens with one attached hydrogen (secondary N) is 1. The first-order valence-corrected chi connectivity index (χ1v) is 7.51. The lowest BCUT2D eigenvalue weighted by Crippen LogP contribution is -2.44. The Labute approximate surface area is 130 Å². The second-order valence-electron chi connectivity index (χ2n) is 5.22. The van der Waals surface area contributed by atoms with E-state index in [4.69, 9.17) is 5.73 Å². The van der Waals surface area contributed by atoms with E-state index in [1.807, 2.05) is 6.08 Å². The topological polar surface area (TPSA) is 72.2 Å². The number of carbonyl (C=O) groups is 2. The quantitative estimate of drug-likeness (QED) is 0.515. The summed E-state index contributed by atoms with van der Waals surface area (Å²) in [5.41, 5.74) is 5.49. The molecule has 0 aromatic heterocycles. The first-order chi connectivity index (χ1) is 10.5. The first kappa shape index (κ1) is 17.9. The Morgan fingerprint density at radius 2 is 2.00 bits per heavy atom. The molecule has 22 heavy (non-hydrogen) atoms. The molecular formula is C17H23FN2O2. The summed E-state index contributed by atoms with van der Waals surface area (Å²) in [7, 11) is 0. The largest absolute Gasteiger partial charge is 0.368 e. The summed E-state index contributed by atoms with van der Waals surface area (Å²) in [6.45, 7) is 3.66. The summed E-state index contributed by atoms with van der Waals surface area (Å²) in [6, 6.07) is 4.60. The van der Waals surface area contributed by atoms with E-state index >= 15 is 0 Å². The number of rotatable bonds is 10. The van der Waals surface area contributed by atoms with E-state index in [0.29, 0.717) is 6.42 Å². The highest BCUT2D eigenvalue weighted by Crippen LogP contribution is 2.09. The molecule has 0 aliphatic carbocycles. The highest BCUT2D eigenvalue weighted by molar-refractivity contribution is 5.97. The second-order valence-corrected chi connectivity index (χ2v) is 5.22. The summed E-state index contributed by atoms with van der Waals surface area (Å²) >= 11 is 0. The molecule has 3 N–H and O–H groups in total. The minimum Gasteiger partial charge on any atom is -0.368 e. The molecule has 0 heterocycles. The molecule has 0 bridgehead atoms. The van der Waals surface area contributed by atoms with Crippen LogP contribution in [-0.2, 0) is 4.79 Å². The van der Waals surface area contributed by atoms with E-state index in [2.05, 4.69) is 11.9 Å². The lowest BCUT2D eigenvalue weighted by atomic mass is 10.1. The summed E-state index contributed by atoms with van der Waals surface area (Å²) in [6.07, 6.45) is 7.24. The molecule has 0 radical (unpaired) electrons. The van der Waals surface area contributed by atoms with Crippen LogP contribution in [0, 0.1) is 5.82 Å². The molecule has 0 fully saturated rings. The zero-order chi connectivity index (χ0) is 16.4. The summed E-state index contributed by atoms with van der Waals surface area (Å²) in [5, 5.41) is 2.57. The number of hydrogen-bond acceptors (Lipinski definition) is 2. The Bertz CT molecular complexity index is 517. The monoisotopic (exact) mass is 306 g/mol. The zero-order valence-electron chi connectivity index (χ0n) is 12.7. The molecule has 1 aromatic carbocycles. The summed E-state index contributed by atoms with van der Waals surface area (Å²) < 4.78 is 13.1. The van der Waals surface area contributed by atoms with Gasteiger partial charge in [-0.25, -0.2) is 4.39 Å². The molecule has 1 atom stereocenters. The van der Waals surface area contributed by atoms with Crippen molar-refractivity contribution in [1.82, 2.24) is 5.32 Å². The smallest absolute Gasteiger partial charge is 0.252 e. The maximum atomic E-state index is 13.1. The third-order valence-electron chi connectivity index (χ3n) is 3.39. The number of unbranched alkanes of at least 4 members (excludes halogenated alkanes) is 4. The molecule has 4 nitrogen and oxygen atoms in total. The van der Waals surface area contributed by atoms with E-state index in [1.165, 1.54) is 18.2 Å². The van der Waals surface area contributed by atoms with Crippen molar-refractivity contribution in [1.29, 1.82) is 0 Å². The minimum atomic E-state index is -0.727. The SMILES string of the molecule is C=CCCCCCC[C@H](NC(=O)c1cccc(F)c1)C(N)=O. The van der Waals surface area contributed by atoms with Crippen molar-refractivity contribution in [2.75, 3.05) is 0 Å². The van der Waals surface area contributed by atoms with Gasteiger partial charge in [0, 0.05) is 5.56 Å². The third-order valence-corrected chi connectivity index (χ3v) is 3.39. The first-order valence-electron chi connectivity index (χ1n) is 7.51. The highest BCUT2D eigenvalue weighted by atomic mass is 19.1. The van der Waals surface area contributed by atoms with Gasteiger partial charge in [-0.15, -0.1) is 6.58 Å². The van der Waals surface area contributed by atoms with Gasteiger partial charge in [0.1, 0.15) is 11.9 Å². The number of benzene rings is 1. The van der Waals surface area contributed by atoms with Gasteiger partial charge in [0.2, 0.25) is 5.91 Å². The molecular weight excluding hydrogens is 283 g/mol. The Hall–Kier alpha value is -2.17. The Morgan fingerprint density at radius 1 is 1.27 bits per heavy atom. The number of amides is 2. The molecule has 120 valence electrons. The van der Waals surface area contributed by atoms with Gasteiger partial charge in [-0.1, -0.05) is 31.4 Å². The van der Waals surface area contributed by atoms with Crippen molar-refractivity contribution in [2.45, 2.75) is 44.6 Å². The summed E-state index contributed by atoms with van der Waals surface area (Å²) in [4.78, 5) is 23.4. The van der Waals surface area contributed by atoms with Crippen molar-refractivity contribution in [3.05, 3.63) is 48.3 Å². The number of hydrogen-bond donors (Lipinski definition) is 2. The third kappa shape index (κ3) is 6.52. The van der Waals surface area contributed by atoms with Crippen molar-refractivity contribution < 1.29 is 14.0 Å². The molecule has 1 aromatic rings. The Kier molecular flexibility index (Phi) is 7.89.